The maximum atomic E-state index is 12.9. The van der Waals surface area contributed by atoms with Gasteiger partial charge >= 0.3 is 0 Å². The Morgan fingerprint density at radius 1 is 1.10 bits per heavy atom. The van der Waals surface area contributed by atoms with Crippen molar-refractivity contribution >= 4 is 5.91 Å². The molecule has 1 amide bonds. The van der Waals surface area contributed by atoms with Gasteiger partial charge in [0.1, 0.15) is 5.75 Å². The predicted molar refractivity (Wildman–Crippen MR) is 116 cm³/mol. The quantitative estimate of drug-likeness (QED) is 0.565. The van der Waals surface area contributed by atoms with Crippen LogP contribution in [-0.4, -0.2) is 40.3 Å². The van der Waals surface area contributed by atoms with Gasteiger partial charge in [0.25, 0.3) is 5.91 Å². The molecule has 0 aliphatic rings. The lowest BCUT2D eigenvalue weighted by atomic mass is 10.1. The number of benzene rings is 2. The summed E-state index contributed by atoms with van der Waals surface area (Å²) in [5, 5.41) is 4.63. The number of carbonyl (C=O) groups excluding carboxylic acids is 1. The minimum atomic E-state index is -0.0211. The first kappa shape index (κ1) is 20.6. The summed E-state index contributed by atoms with van der Waals surface area (Å²) in [7, 11) is 3.80. The number of amides is 1. The fourth-order valence-electron chi connectivity index (χ4n) is 3.33. The van der Waals surface area contributed by atoms with Crippen LogP contribution in [0.4, 0.5) is 0 Å². The van der Waals surface area contributed by atoms with Crippen LogP contribution in [0, 0.1) is 0 Å². The average molecular weight is 392 g/mol. The highest BCUT2D eigenvalue weighted by Crippen LogP contribution is 2.22. The number of para-hydroxylation sites is 1. The van der Waals surface area contributed by atoms with Gasteiger partial charge in [0.15, 0.2) is 0 Å². The van der Waals surface area contributed by atoms with Gasteiger partial charge in [-0.05, 0) is 50.5 Å². The summed E-state index contributed by atoms with van der Waals surface area (Å²) >= 11 is 0. The van der Waals surface area contributed by atoms with Gasteiger partial charge in [-0.3, -0.25) is 9.48 Å². The van der Waals surface area contributed by atoms with Crippen molar-refractivity contribution in [3.05, 3.63) is 71.9 Å². The Morgan fingerprint density at radius 2 is 1.79 bits per heavy atom. The number of hydrogen-bond acceptors (Lipinski definition) is 3. The molecule has 3 aromatic rings. The Morgan fingerprint density at radius 3 is 2.52 bits per heavy atom. The van der Waals surface area contributed by atoms with Crippen LogP contribution in [0.25, 0.3) is 11.3 Å². The van der Waals surface area contributed by atoms with Gasteiger partial charge < -0.3 is 9.64 Å². The molecule has 0 fully saturated rings. The minimum absolute atomic E-state index is 0.0211. The fourth-order valence-corrected chi connectivity index (χ4v) is 3.33. The van der Waals surface area contributed by atoms with E-state index in [1.54, 1.807) is 4.90 Å². The Kier molecular flexibility index (Phi) is 6.70. The highest BCUT2D eigenvalue weighted by molar-refractivity contribution is 5.96. The van der Waals surface area contributed by atoms with Gasteiger partial charge in [-0.15, -0.1) is 0 Å². The number of ether oxygens (including phenoxy) is 1. The highest BCUT2D eigenvalue weighted by Gasteiger charge is 2.17. The zero-order chi connectivity index (χ0) is 20.8. The van der Waals surface area contributed by atoms with Crippen molar-refractivity contribution in [3.8, 4) is 17.0 Å². The van der Waals surface area contributed by atoms with Gasteiger partial charge in [0.2, 0.25) is 0 Å². The molecule has 2 aromatic carbocycles. The Balaban J connectivity index is 1.59. The molecule has 0 bridgehead atoms. The van der Waals surface area contributed by atoms with Crippen LogP contribution in [0.15, 0.2) is 60.7 Å². The third-order valence-corrected chi connectivity index (χ3v) is 4.75. The summed E-state index contributed by atoms with van der Waals surface area (Å²) in [6.07, 6.45) is 1.69. The molecule has 0 radical (unpaired) electrons. The first-order valence-corrected chi connectivity index (χ1v) is 10.0. The van der Waals surface area contributed by atoms with Gasteiger partial charge in [-0.1, -0.05) is 42.5 Å². The lowest BCUT2D eigenvalue weighted by molar-refractivity contribution is 0.0787. The molecule has 152 valence electrons. The molecule has 0 atom stereocenters. The maximum Gasteiger partial charge on any atom is 0.257 e. The van der Waals surface area contributed by atoms with Crippen LogP contribution < -0.4 is 4.74 Å². The Hall–Kier alpha value is -3.08. The standard InChI is InChI=1S/C24H29N3O2/c1-18(2)29-23-15-9-8-14-21(23)24(28)26(3)16-10-13-20-17-22(27(4)25-20)19-11-6-5-7-12-19/h5-9,11-12,14-15,17-18H,10,13,16H2,1-4H3. The molecule has 0 spiro atoms. The lowest BCUT2D eigenvalue weighted by Gasteiger charge is -2.20. The summed E-state index contributed by atoms with van der Waals surface area (Å²) in [5.74, 6) is 0.615. The zero-order valence-corrected chi connectivity index (χ0v) is 17.6. The molecule has 29 heavy (non-hydrogen) atoms. The van der Waals surface area contributed by atoms with E-state index in [4.69, 9.17) is 4.74 Å². The number of hydrogen-bond donors (Lipinski definition) is 0. The second-order valence-electron chi connectivity index (χ2n) is 7.50. The molecule has 0 aliphatic heterocycles. The first-order chi connectivity index (χ1) is 14.0. The average Bonchev–Trinajstić information content (AvgIpc) is 3.08. The second-order valence-corrected chi connectivity index (χ2v) is 7.50. The Labute approximate surface area is 172 Å². The summed E-state index contributed by atoms with van der Waals surface area (Å²) in [6.45, 7) is 4.58. The number of nitrogens with zero attached hydrogens (tertiary/aromatic N) is 3. The van der Waals surface area contributed by atoms with Crippen LogP contribution in [-0.2, 0) is 13.5 Å². The predicted octanol–water partition coefficient (Wildman–Crippen LogP) is 4.58. The summed E-state index contributed by atoms with van der Waals surface area (Å²) in [5.41, 5.74) is 3.90. The van der Waals surface area contributed by atoms with Crippen molar-refractivity contribution in [2.45, 2.75) is 32.8 Å². The van der Waals surface area contributed by atoms with Crippen LogP contribution in [0.2, 0.25) is 0 Å². The van der Waals surface area contributed by atoms with E-state index in [1.807, 2.05) is 75.1 Å². The number of carbonyl (C=O) groups is 1. The monoisotopic (exact) mass is 391 g/mol. The van der Waals surface area contributed by atoms with E-state index in [-0.39, 0.29) is 12.0 Å². The van der Waals surface area contributed by atoms with Gasteiger partial charge in [0.05, 0.1) is 23.1 Å². The Bertz CT molecular complexity index is 948. The van der Waals surface area contributed by atoms with Crippen molar-refractivity contribution < 1.29 is 9.53 Å². The SMILES string of the molecule is CC(C)Oc1ccccc1C(=O)N(C)CCCc1cc(-c2ccccc2)n(C)n1. The first-order valence-electron chi connectivity index (χ1n) is 10.0. The molecule has 0 saturated carbocycles. The molecule has 3 rings (SSSR count). The normalized spacial score (nSPS) is 10.9. The summed E-state index contributed by atoms with van der Waals surface area (Å²) in [6, 6.07) is 19.8. The fraction of sp³-hybridized carbons (Fsp3) is 0.333. The molecule has 0 aliphatic carbocycles. The van der Waals surface area contributed by atoms with Crippen molar-refractivity contribution in [1.29, 1.82) is 0 Å². The molecular weight excluding hydrogens is 362 g/mol. The van der Waals surface area contributed by atoms with Crippen LogP contribution >= 0.6 is 0 Å². The smallest absolute Gasteiger partial charge is 0.257 e. The van der Waals surface area contributed by atoms with Crippen LogP contribution in [0.1, 0.15) is 36.3 Å². The third-order valence-electron chi connectivity index (χ3n) is 4.75. The lowest BCUT2D eigenvalue weighted by Crippen LogP contribution is -2.28. The van der Waals surface area contributed by atoms with Crippen molar-refractivity contribution in [1.82, 2.24) is 14.7 Å². The molecule has 5 nitrogen and oxygen atoms in total. The van der Waals surface area contributed by atoms with E-state index in [9.17, 15) is 4.79 Å². The van der Waals surface area contributed by atoms with Crippen LogP contribution in [0.5, 0.6) is 5.75 Å². The molecule has 5 heteroatoms. The number of aryl methyl sites for hydroxylation is 2. The van der Waals surface area contributed by atoms with E-state index in [0.717, 1.165) is 29.8 Å². The largest absolute Gasteiger partial charge is 0.490 e. The van der Waals surface area contributed by atoms with Gasteiger partial charge in [-0.2, -0.15) is 5.10 Å². The summed E-state index contributed by atoms with van der Waals surface area (Å²) < 4.78 is 7.70. The molecule has 0 saturated heterocycles. The van der Waals surface area contributed by atoms with Crippen molar-refractivity contribution in [2.75, 3.05) is 13.6 Å². The second kappa shape index (κ2) is 9.41. The van der Waals surface area contributed by atoms with Gasteiger partial charge in [0, 0.05) is 20.6 Å². The summed E-state index contributed by atoms with van der Waals surface area (Å²) in [4.78, 5) is 14.6. The zero-order valence-electron chi connectivity index (χ0n) is 17.6. The van der Waals surface area contributed by atoms with Crippen molar-refractivity contribution in [2.24, 2.45) is 7.05 Å². The van der Waals surface area contributed by atoms with Crippen LogP contribution in [0.3, 0.4) is 0 Å². The van der Waals surface area contributed by atoms with E-state index in [2.05, 4.69) is 23.3 Å². The molecule has 1 heterocycles. The molecular formula is C24H29N3O2. The number of rotatable bonds is 8. The van der Waals surface area contributed by atoms with E-state index < -0.39 is 0 Å². The molecule has 1 aromatic heterocycles. The minimum Gasteiger partial charge on any atom is -0.490 e. The third kappa shape index (κ3) is 5.25. The van der Waals surface area contributed by atoms with Gasteiger partial charge in [-0.25, -0.2) is 0 Å². The maximum absolute atomic E-state index is 12.9. The van der Waals surface area contributed by atoms with Crippen molar-refractivity contribution in [3.63, 3.8) is 0 Å². The van der Waals surface area contributed by atoms with E-state index in [1.165, 1.54) is 0 Å². The highest BCUT2D eigenvalue weighted by atomic mass is 16.5. The topological polar surface area (TPSA) is 47.4 Å². The molecule has 0 unspecified atom stereocenters. The number of aromatic nitrogens is 2. The van der Waals surface area contributed by atoms with E-state index >= 15 is 0 Å². The molecule has 0 N–H and O–H groups in total. The van der Waals surface area contributed by atoms with E-state index in [0.29, 0.717) is 17.9 Å².